The Morgan fingerprint density at radius 2 is 2.22 bits per heavy atom. The smallest absolute Gasteiger partial charge is 0.304 e. The van der Waals surface area contributed by atoms with Crippen molar-refractivity contribution in [3.63, 3.8) is 0 Å². The van der Waals surface area contributed by atoms with E-state index in [1.165, 1.54) is 7.11 Å². The fourth-order valence-electron chi connectivity index (χ4n) is 2.16. The lowest BCUT2D eigenvalue weighted by Gasteiger charge is -2.15. The molecule has 2 N–H and O–H groups in total. The second-order valence-corrected chi connectivity index (χ2v) is 4.54. The zero-order chi connectivity index (χ0) is 13.3. The summed E-state index contributed by atoms with van der Waals surface area (Å²) in [5, 5.41) is 27.6. The van der Waals surface area contributed by atoms with Crippen molar-refractivity contribution in [1.82, 2.24) is 0 Å². The van der Waals surface area contributed by atoms with Gasteiger partial charge in [0.1, 0.15) is 6.07 Å². The van der Waals surface area contributed by atoms with E-state index in [0.29, 0.717) is 0 Å². The van der Waals surface area contributed by atoms with E-state index in [4.69, 9.17) is 15.1 Å². The second-order valence-electron chi connectivity index (χ2n) is 4.54. The summed E-state index contributed by atoms with van der Waals surface area (Å²) in [7, 11) is 1.40. The first-order chi connectivity index (χ1) is 8.52. The third kappa shape index (κ3) is 1.97. The van der Waals surface area contributed by atoms with Gasteiger partial charge in [-0.3, -0.25) is 4.79 Å². The summed E-state index contributed by atoms with van der Waals surface area (Å²) in [6.07, 6.45) is 1.59. The van der Waals surface area contributed by atoms with Gasteiger partial charge in [0, 0.05) is 5.41 Å². The van der Waals surface area contributed by atoms with Crippen LogP contribution in [-0.2, 0) is 10.2 Å². The number of ether oxygens (including phenoxy) is 1. The van der Waals surface area contributed by atoms with E-state index >= 15 is 0 Å². The number of methoxy groups -OCH3 is 1. The van der Waals surface area contributed by atoms with Crippen molar-refractivity contribution in [2.24, 2.45) is 0 Å². The van der Waals surface area contributed by atoms with Crippen molar-refractivity contribution < 1.29 is 19.7 Å². The van der Waals surface area contributed by atoms with Crippen LogP contribution in [0.4, 0.5) is 0 Å². The maximum Gasteiger partial charge on any atom is 0.304 e. The largest absolute Gasteiger partial charge is 0.503 e. The molecule has 5 heteroatoms. The Morgan fingerprint density at radius 1 is 1.56 bits per heavy atom. The average molecular weight is 247 g/mol. The molecule has 0 saturated heterocycles. The summed E-state index contributed by atoms with van der Waals surface area (Å²) in [5.41, 5.74) is 0.454. The molecule has 0 amide bonds. The first-order valence-electron chi connectivity index (χ1n) is 5.56. The quantitative estimate of drug-likeness (QED) is 0.846. The average Bonchev–Trinajstić information content (AvgIpc) is 3.09. The minimum absolute atomic E-state index is 0.0335. The minimum atomic E-state index is -0.863. The van der Waals surface area contributed by atoms with Crippen molar-refractivity contribution in [1.29, 1.82) is 5.26 Å². The highest BCUT2D eigenvalue weighted by Crippen LogP contribution is 2.52. The number of phenols is 1. The molecule has 0 spiro atoms. The lowest BCUT2D eigenvalue weighted by atomic mass is 9.90. The van der Waals surface area contributed by atoms with Crippen molar-refractivity contribution in [3.8, 4) is 17.6 Å². The molecule has 5 nitrogen and oxygen atoms in total. The number of benzene rings is 1. The van der Waals surface area contributed by atoms with E-state index in [1.807, 2.05) is 6.07 Å². The number of carboxylic acid groups (broad SMARTS) is 1. The number of nitriles is 1. The molecule has 0 aromatic heterocycles. The highest BCUT2D eigenvalue weighted by atomic mass is 16.5. The lowest BCUT2D eigenvalue weighted by molar-refractivity contribution is -0.137. The third-order valence-corrected chi connectivity index (χ3v) is 3.37. The van der Waals surface area contributed by atoms with Crippen LogP contribution in [0.2, 0.25) is 0 Å². The molecule has 0 atom stereocenters. The maximum atomic E-state index is 10.9. The summed E-state index contributed by atoms with van der Waals surface area (Å²) in [6, 6.07) is 5.05. The number of nitrogens with zero attached hydrogens (tertiary/aromatic N) is 1. The van der Waals surface area contributed by atoms with Gasteiger partial charge in [-0.1, -0.05) is 0 Å². The molecule has 0 aliphatic heterocycles. The van der Waals surface area contributed by atoms with Gasteiger partial charge in [-0.2, -0.15) is 5.26 Å². The zero-order valence-corrected chi connectivity index (χ0v) is 9.93. The highest BCUT2D eigenvalue weighted by molar-refractivity contribution is 5.70. The van der Waals surface area contributed by atoms with Crippen LogP contribution in [0.25, 0.3) is 0 Å². The summed E-state index contributed by atoms with van der Waals surface area (Å²) >= 11 is 0. The predicted octanol–water partition coefficient (Wildman–Crippen LogP) is 1.78. The Hall–Kier alpha value is -2.22. The molecule has 94 valence electrons. The molecule has 1 aliphatic rings. The van der Waals surface area contributed by atoms with E-state index in [0.717, 1.165) is 18.4 Å². The standard InChI is InChI=1S/C13H13NO4/c1-18-10-5-9(4-8(7-14)12(10)17)13(2-3-13)6-11(15)16/h4-5,17H,2-3,6H2,1H3,(H,15,16). The Bertz CT molecular complexity index is 541. The number of rotatable bonds is 4. The van der Waals surface area contributed by atoms with Crippen molar-refractivity contribution >= 4 is 5.97 Å². The third-order valence-electron chi connectivity index (χ3n) is 3.37. The number of aromatic hydroxyl groups is 1. The minimum Gasteiger partial charge on any atom is -0.503 e. The van der Waals surface area contributed by atoms with Crippen LogP contribution in [0.15, 0.2) is 12.1 Å². The Morgan fingerprint density at radius 3 is 2.67 bits per heavy atom. The van der Waals surface area contributed by atoms with Crippen LogP contribution in [0.3, 0.4) is 0 Å². The SMILES string of the molecule is COc1cc(C2(CC(=O)O)CC2)cc(C#N)c1O. The van der Waals surface area contributed by atoms with Gasteiger partial charge in [-0.25, -0.2) is 0 Å². The molecule has 0 bridgehead atoms. The van der Waals surface area contributed by atoms with E-state index in [1.54, 1.807) is 12.1 Å². The monoisotopic (exact) mass is 247 g/mol. The number of aliphatic carboxylic acids is 1. The summed E-state index contributed by atoms with van der Waals surface area (Å²) in [5.74, 6) is -0.853. The number of hydrogen-bond donors (Lipinski definition) is 2. The first-order valence-corrected chi connectivity index (χ1v) is 5.56. The number of phenolic OH excluding ortho intramolecular Hbond substituents is 1. The summed E-state index contributed by atoms with van der Waals surface area (Å²) in [4.78, 5) is 10.9. The van der Waals surface area contributed by atoms with Gasteiger partial charge in [0.2, 0.25) is 0 Å². The van der Waals surface area contributed by atoms with E-state index in [-0.39, 0.29) is 23.5 Å². The van der Waals surface area contributed by atoms with Crippen LogP contribution in [0.5, 0.6) is 11.5 Å². The van der Waals surface area contributed by atoms with Crippen molar-refractivity contribution in [2.75, 3.05) is 7.11 Å². The number of carbonyl (C=O) groups is 1. The highest BCUT2D eigenvalue weighted by Gasteiger charge is 2.46. The molecule has 1 fully saturated rings. The van der Waals surface area contributed by atoms with Gasteiger partial charge in [0.05, 0.1) is 19.1 Å². The fraction of sp³-hybridized carbons (Fsp3) is 0.385. The van der Waals surface area contributed by atoms with Crippen molar-refractivity contribution in [3.05, 3.63) is 23.3 Å². The van der Waals surface area contributed by atoms with Gasteiger partial charge < -0.3 is 14.9 Å². The molecule has 1 aromatic carbocycles. The van der Waals surface area contributed by atoms with Gasteiger partial charge in [-0.15, -0.1) is 0 Å². The Balaban J connectivity index is 2.47. The van der Waals surface area contributed by atoms with Crippen LogP contribution in [0, 0.1) is 11.3 Å². The van der Waals surface area contributed by atoms with E-state index in [9.17, 15) is 9.90 Å². The van der Waals surface area contributed by atoms with Crippen LogP contribution < -0.4 is 4.74 Å². The molecule has 1 aliphatic carbocycles. The molecular formula is C13H13NO4. The molecule has 0 radical (unpaired) electrons. The van der Waals surface area contributed by atoms with Crippen LogP contribution in [-0.4, -0.2) is 23.3 Å². The second kappa shape index (κ2) is 4.22. The summed E-state index contributed by atoms with van der Waals surface area (Å²) < 4.78 is 5.01. The fourth-order valence-corrected chi connectivity index (χ4v) is 2.16. The Labute approximate surface area is 104 Å². The number of carboxylic acids is 1. The van der Waals surface area contributed by atoms with Crippen LogP contribution in [0.1, 0.15) is 30.4 Å². The molecule has 1 saturated carbocycles. The van der Waals surface area contributed by atoms with Gasteiger partial charge in [0.25, 0.3) is 0 Å². The zero-order valence-electron chi connectivity index (χ0n) is 9.93. The van der Waals surface area contributed by atoms with Crippen LogP contribution >= 0.6 is 0 Å². The Kier molecular flexibility index (Phi) is 2.87. The number of hydrogen-bond acceptors (Lipinski definition) is 4. The molecule has 0 heterocycles. The molecule has 0 unspecified atom stereocenters. The van der Waals surface area contributed by atoms with E-state index < -0.39 is 11.4 Å². The lowest BCUT2D eigenvalue weighted by Crippen LogP contribution is -2.13. The normalized spacial score (nSPS) is 15.8. The van der Waals surface area contributed by atoms with Gasteiger partial charge in [0.15, 0.2) is 11.5 Å². The molecule has 18 heavy (non-hydrogen) atoms. The predicted molar refractivity (Wildman–Crippen MR) is 62.5 cm³/mol. The maximum absolute atomic E-state index is 10.9. The molecule has 2 rings (SSSR count). The molecule has 1 aromatic rings. The van der Waals surface area contributed by atoms with Crippen molar-refractivity contribution in [2.45, 2.75) is 24.7 Å². The van der Waals surface area contributed by atoms with E-state index in [2.05, 4.69) is 0 Å². The first kappa shape index (κ1) is 12.2. The summed E-state index contributed by atoms with van der Waals surface area (Å²) in [6.45, 7) is 0. The van der Waals surface area contributed by atoms with Gasteiger partial charge in [-0.05, 0) is 30.5 Å². The molecular weight excluding hydrogens is 234 g/mol. The topological polar surface area (TPSA) is 90.5 Å². The van der Waals surface area contributed by atoms with Gasteiger partial charge >= 0.3 is 5.97 Å².